The van der Waals surface area contributed by atoms with Gasteiger partial charge in [-0.1, -0.05) is 6.92 Å². The first-order valence-corrected chi connectivity index (χ1v) is 6.87. The van der Waals surface area contributed by atoms with Crippen LogP contribution in [0.3, 0.4) is 0 Å². The number of fused-ring (bicyclic) bond motifs is 1. The second-order valence-electron chi connectivity index (χ2n) is 5.03. The topological polar surface area (TPSA) is 57.7 Å². The zero-order chi connectivity index (χ0) is 13.2. The fraction of sp³-hybridized carbons (Fsp3) is 0.500. The van der Waals surface area contributed by atoms with Crippen LogP contribution in [0.25, 0.3) is 0 Å². The Hall–Kier alpha value is -1.91. The minimum atomic E-state index is 0.858. The van der Waals surface area contributed by atoms with Gasteiger partial charge < -0.3 is 9.88 Å². The zero-order valence-corrected chi connectivity index (χ0v) is 11.5. The normalized spacial score (nSPS) is 14.5. The Morgan fingerprint density at radius 1 is 1.37 bits per heavy atom. The molecule has 5 nitrogen and oxygen atoms in total. The maximum atomic E-state index is 4.68. The minimum absolute atomic E-state index is 0.858. The molecule has 3 heterocycles. The molecule has 0 spiro atoms. The third kappa shape index (κ3) is 2.45. The number of aromatic nitrogens is 4. The van der Waals surface area contributed by atoms with Crippen molar-refractivity contribution in [2.75, 3.05) is 11.4 Å². The van der Waals surface area contributed by atoms with E-state index in [1.807, 2.05) is 6.92 Å². The van der Waals surface area contributed by atoms with Crippen LogP contribution in [0.15, 0.2) is 12.4 Å². The highest BCUT2D eigenvalue weighted by Gasteiger charge is 2.19. The quantitative estimate of drug-likeness (QED) is 0.914. The van der Waals surface area contributed by atoms with Gasteiger partial charge in [0.15, 0.2) is 0 Å². The van der Waals surface area contributed by atoms with Crippen molar-refractivity contribution in [1.82, 2.24) is 19.9 Å². The van der Waals surface area contributed by atoms with Gasteiger partial charge in [-0.15, -0.1) is 0 Å². The molecular weight excluding hydrogens is 238 g/mol. The molecule has 0 aliphatic carbocycles. The summed E-state index contributed by atoms with van der Waals surface area (Å²) >= 11 is 0. The van der Waals surface area contributed by atoms with Crippen molar-refractivity contribution in [2.24, 2.45) is 0 Å². The molecule has 19 heavy (non-hydrogen) atoms. The summed E-state index contributed by atoms with van der Waals surface area (Å²) < 4.78 is 0. The highest BCUT2D eigenvalue weighted by Crippen LogP contribution is 2.21. The molecule has 2 aromatic rings. The van der Waals surface area contributed by atoms with Crippen LogP contribution in [0.4, 0.5) is 5.82 Å². The molecule has 0 aromatic carbocycles. The summed E-state index contributed by atoms with van der Waals surface area (Å²) in [4.78, 5) is 19.0. The molecule has 2 aromatic heterocycles. The predicted molar refractivity (Wildman–Crippen MR) is 74.1 cm³/mol. The van der Waals surface area contributed by atoms with Crippen LogP contribution in [-0.4, -0.2) is 26.5 Å². The van der Waals surface area contributed by atoms with Gasteiger partial charge in [0, 0.05) is 31.1 Å². The van der Waals surface area contributed by atoms with Crippen LogP contribution >= 0.6 is 0 Å². The van der Waals surface area contributed by atoms with Gasteiger partial charge in [-0.05, 0) is 13.3 Å². The third-order valence-electron chi connectivity index (χ3n) is 3.46. The lowest BCUT2D eigenvalue weighted by molar-refractivity contribution is 0.692. The molecule has 5 heteroatoms. The molecule has 0 bridgehead atoms. The number of hydrogen-bond acceptors (Lipinski definition) is 4. The molecule has 0 atom stereocenters. The molecule has 1 N–H and O–H groups in total. The van der Waals surface area contributed by atoms with Crippen molar-refractivity contribution in [1.29, 1.82) is 0 Å². The van der Waals surface area contributed by atoms with E-state index in [-0.39, 0.29) is 0 Å². The van der Waals surface area contributed by atoms with Crippen molar-refractivity contribution < 1.29 is 0 Å². The number of nitrogens with zero attached hydrogens (tertiary/aromatic N) is 4. The SMILES string of the molecule is CCCc1nc(C)cc(N2CCc3nc[nH]c3C2)n1. The minimum Gasteiger partial charge on any atom is -0.350 e. The second-order valence-corrected chi connectivity index (χ2v) is 5.03. The summed E-state index contributed by atoms with van der Waals surface area (Å²) in [6.45, 7) is 6.02. The number of anilines is 1. The molecule has 0 amide bonds. The van der Waals surface area contributed by atoms with Crippen molar-refractivity contribution in [2.45, 2.75) is 39.7 Å². The second kappa shape index (κ2) is 4.99. The van der Waals surface area contributed by atoms with E-state index in [1.165, 1.54) is 11.4 Å². The van der Waals surface area contributed by atoms with Crippen LogP contribution in [0, 0.1) is 6.92 Å². The maximum absolute atomic E-state index is 4.68. The van der Waals surface area contributed by atoms with Crippen LogP contribution in [0.2, 0.25) is 0 Å². The Bertz CT molecular complexity index is 575. The molecular formula is C14H19N5. The van der Waals surface area contributed by atoms with Crippen molar-refractivity contribution in [3.8, 4) is 0 Å². The smallest absolute Gasteiger partial charge is 0.132 e. The van der Waals surface area contributed by atoms with Crippen LogP contribution in [0.1, 0.15) is 36.3 Å². The van der Waals surface area contributed by atoms with Crippen molar-refractivity contribution in [3.05, 3.63) is 35.3 Å². The van der Waals surface area contributed by atoms with Gasteiger partial charge in [-0.25, -0.2) is 15.0 Å². The van der Waals surface area contributed by atoms with Gasteiger partial charge in [-0.3, -0.25) is 0 Å². The molecule has 0 unspecified atom stereocenters. The number of H-pyrrole nitrogens is 1. The number of imidazole rings is 1. The highest BCUT2D eigenvalue weighted by molar-refractivity contribution is 5.42. The number of nitrogens with one attached hydrogen (secondary N) is 1. The average Bonchev–Trinajstić information content (AvgIpc) is 2.85. The lowest BCUT2D eigenvalue weighted by Gasteiger charge is -2.27. The molecule has 3 rings (SSSR count). The van der Waals surface area contributed by atoms with Crippen LogP contribution in [0.5, 0.6) is 0 Å². The number of rotatable bonds is 3. The van der Waals surface area contributed by atoms with Crippen LogP contribution < -0.4 is 4.90 Å². The van der Waals surface area contributed by atoms with E-state index in [9.17, 15) is 0 Å². The predicted octanol–water partition coefficient (Wildman–Crippen LogP) is 2.02. The van der Waals surface area contributed by atoms with Crippen molar-refractivity contribution in [3.63, 3.8) is 0 Å². The fourth-order valence-electron chi connectivity index (χ4n) is 2.52. The Kier molecular flexibility index (Phi) is 3.19. The maximum Gasteiger partial charge on any atom is 0.132 e. The lowest BCUT2D eigenvalue weighted by atomic mass is 10.1. The number of aromatic amines is 1. The summed E-state index contributed by atoms with van der Waals surface area (Å²) in [7, 11) is 0. The first-order valence-electron chi connectivity index (χ1n) is 6.87. The summed E-state index contributed by atoms with van der Waals surface area (Å²) in [5, 5.41) is 0. The van der Waals surface area contributed by atoms with Gasteiger partial charge in [0.25, 0.3) is 0 Å². The van der Waals surface area contributed by atoms with E-state index < -0.39 is 0 Å². The van der Waals surface area contributed by atoms with Crippen LogP contribution in [-0.2, 0) is 19.4 Å². The summed E-state index contributed by atoms with van der Waals surface area (Å²) in [5.74, 6) is 1.99. The highest BCUT2D eigenvalue weighted by atomic mass is 15.2. The van der Waals surface area contributed by atoms with E-state index in [0.717, 1.165) is 49.7 Å². The average molecular weight is 257 g/mol. The summed E-state index contributed by atoms with van der Waals surface area (Å²) in [6, 6.07) is 2.07. The standard InChI is InChI=1S/C14H19N5/c1-3-4-13-17-10(2)7-14(18-13)19-6-5-11-12(8-19)16-9-15-11/h7,9H,3-6,8H2,1-2H3,(H,15,16). The Morgan fingerprint density at radius 2 is 2.26 bits per heavy atom. The largest absolute Gasteiger partial charge is 0.350 e. The number of hydrogen-bond donors (Lipinski definition) is 1. The zero-order valence-electron chi connectivity index (χ0n) is 11.5. The Morgan fingerprint density at radius 3 is 3.11 bits per heavy atom. The monoisotopic (exact) mass is 257 g/mol. The van der Waals surface area contributed by atoms with E-state index in [4.69, 9.17) is 0 Å². The Labute approximate surface area is 113 Å². The fourth-order valence-corrected chi connectivity index (χ4v) is 2.52. The third-order valence-corrected chi connectivity index (χ3v) is 3.46. The molecule has 1 aliphatic heterocycles. The van der Waals surface area contributed by atoms with Gasteiger partial charge in [0.05, 0.1) is 24.3 Å². The molecule has 0 saturated heterocycles. The first-order chi connectivity index (χ1) is 9.26. The van der Waals surface area contributed by atoms with Crippen molar-refractivity contribution >= 4 is 5.82 Å². The Balaban J connectivity index is 1.87. The summed E-state index contributed by atoms with van der Waals surface area (Å²) in [6.07, 6.45) is 4.78. The van der Waals surface area contributed by atoms with Gasteiger partial charge in [0.1, 0.15) is 11.6 Å². The molecule has 0 radical (unpaired) electrons. The van der Waals surface area contributed by atoms with E-state index in [0.29, 0.717) is 0 Å². The molecule has 0 saturated carbocycles. The van der Waals surface area contributed by atoms with Gasteiger partial charge in [-0.2, -0.15) is 0 Å². The van der Waals surface area contributed by atoms with Gasteiger partial charge in [0.2, 0.25) is 0 Å². The first kappa shape index (κ1) is 12.1. The van der Waals surface area contributed by atoms with E-state index in [2.05, 4.69) is 37.8 Å². The summed E-state index contributed by atoms with van der Waals surface area (Å²) in [5.41, 5.74) is 3.44. The molecule has 100 valence electrons. The van der Waals surface area contributed by atoms with Gasteiger partial charge >= 0.3 is 0 Å². The van der Waals surface area contributed by atoms with E-state index in [1.54, 1.807) is 6.33 Å². The van der Waals surface area contributed by atoms with E-state index >= 15 is 0 Å². The molecule has 0 fully saturated rings. The lowest BCUT2D eigenvalue weighted by Crippen LogP contribution is -2.31. The molecule has 1 aliphatic rings. The number of aryl methyl sites for hydroxylation is 2.